The predicted octanol–water partition coefficient (Wildman–Crippen LogP) is 3.63. The summed E-state index contributed by atoms with van der Waals surface area (Å²) in [6, 6.07) is 5.02. The predicted molar refractivity (Wildman–Crippen MR) is 82.4 cm³/mol. The lowest BCUT2D eigenvalue weighted by Crippen LogP contribution is -2.06. The standard InChI is InChI=1S/C17H17NO3/c1-4-5-6-11(2)9-16-17(20)14-10-13(18-12(3)19)7-8-15(14)21-16/h4-10H,1-3H3,(H,18,19)/b5-4-,11-6+,16-9-. The maximum atomic E-state index is 12.3. The highest BCUT2D eigenvalue weighted by Gasteiger charge is 2.27. The number of Topliss-reactive ketones (excluding diaryl/α,β-unsaturated/α-hetero) is 1. The molecule has 4 heteroatoms. The zero-order valence-corrected chi connectivity index (χ0v) is 12.3. The molecule has 1 aromatic rings. The van der Waals surface area contributed by atoms with Crippen LogP contribution in [0.5, 0.6) is 5.75 Å². The Kier molecular flexibility index (Phi) is 4.38. The highest BCUT2D eigenvalue weighted by Crippen LogP contribution is 2.33. The minimum atomic E-state index is -0.179. The van der Waals surface area contributed by atoms with Gasteiger partial charge >= 0.3 is 0 Å². The van der Waals surface area contributed by atoms with E-state index in [1.807, 2.05) is 32.1 Å². The van der Waals surface area contributed by atoms with E-state index in [1.54, 1.807) is 24.3 Å². The Labute approximate surface area is 123 Å². The summed E-state index contributed by atoms with van der Waals surface area (Å²) in [5.41, 5.74) is 1.97. The van der Waals surface area contributed by atoms with Crippen molar-refractivity contribution < 1.29 is 14.3 Å². The Balaban J connectivity index is 2.28. The Bertz CT molecular complexity index is 681. The van der Waals surface area contributed by atoms with Crippen molar-refractivity contribution in [2.45, 2.75) is 20.8 Å². The number of benzene rings is 1. The van der Waals surface area contributed by atoms with Crippen molar-refractivity contribution in [3.8, 4) is 5.75 Å². The highest BCUT2D eigenvalue weighted by molar-refractivity contribution is 6.13. The van der Waals surface area contributed by atoms with Gasteiger partial charge < -0.3 is 10.1 Å². The number of ketones is 1. The minimum absolute atomic E-state index is 0.176. The van der Waals surface area contributed by atoms with Gasteiger partial charge in [0.05, 0.1) is 5.56 Å². The molecule has 0 fully saturated rings. The second kappa shape index (κ2) is 6.22. The van der Waals surface area contributed by atoms with Crippen molar-refractivity contribution >= 4 is 17.4 Å². The van der Waals surface area contributed by atoms with Crippen LogP contribution >= 0.6 is 0 Å². The quantitative estimate of drug-likeness (QED) is 0.681. The number of fused-ring (bicyclic) bond motifs is 1. The van der Waals surface area contributed by atoms with Crippen LogP contribution in [0.1, 0.15) is 31.1 Å². The molecule has 0 aromatic heterocycles. The lowest BCUT2D eigenvalue weighted by atomic mass is 10.1. The number of hydrogen-bond donors (Lipinski definition) is 1. The number of carbonyl (C=O) groups is 2. The summed E-state index contributed by atoms with van der Waals surface area (Å²) in [6.45, 7) is 5.25. The number of rotatable bonds is 3. The van der Waals surface area contributed by atoms with Crippen LogP contribution in [0, 0.1) is 0 Å². The Morgan fingerprint density at radius 1 is 1.29 bits per heavy atom. The third-order valence-corrected chi connectivity index (χ3v) is 2.90. The van der Waals surface area contributed by atoms with Crippen LogP contribution in [-0.2, 0) is 4.79 Å². The first-order valence-electron chi connectivity index (χ1n) is 6.66. The molecule has 1 N–H and O–H groups in total. The number of carbonyl (C=O) groups excluding carboxylic acids is 2. The van der Waals surface area contributed by atoms with Crippen molar-refractivity contribution in [3.63, 3.8) is 0 Å². The van der Waals surface area contributed by atoms with Crippen LogP contribution < -0.4 is 10.1 Å². The van der Waals surface area contributed by atoms with Crippen LogP contribution in [0.2, 0.25) is 0 Å². The molecule has 108 valence electrons. The molecular weight excluding hydrogens is 266 g/mol. The van der Waals surface area contributed by atoms with Gasteiger partial charge in [0.2, 0.25) is 11.7 Å². The largest absolute Gasteiger partial charge is 0.452 e. The van der Waals surface area contributed by atoms with Crippen molar-refractivity contribution in [3.05, 3.63) is 59.4 Å². The van der Waals surface area contributed by atoms with Crippen LogP contribution in [0.15, 0.2) is 53.8 Å². The first-order valence-corrected chi connectivity index (χ1v) is 6.66. The fourth-order valence-electron chi connectivity index (χ4n) is 1.97. The molecule has 4 nitrogen and oxygen atoms in total. The fourth-order valence-corrected chi connectivity index (χ4v) is 1.97. The molecule has 0 saturated heterocycles. The summed E-state index contributed by atoms with van der Waals surface area (Å²) in [4.78, 5) is 23.3. The molecule has 0 unspecified atom stereocenters. The Morgan fingerprint density at radius 3 is 2.71 bits per heavy atom. The van der Waals surface area contributed by atoms with E-state index in [4.69, 9.17) is 4.74 Å². The van der Waals surface area contributed by atoms with E-state index in [-0.39, 0.29) is 11.7 Å². The van der Waals surface area contributed by atoms with Crippen LogP contribution in [0.3, 0.4) is 0 Å². The second-order valence-electron chi connectivity index (χ2n) is 4.77. The molecule has 0 atom stereocenters. The molecule has 0 saturated carbocycles. The Hall–Kier alpha value is -2.62. The van der Waals surface area contributed by atoms with Gasteiger partial charge in [-0.3, -0.25) is 9.59 Å². The molecule has 0 spiro atoms. The van der Waals surface area contributed by atoms with E-state index in [2.05, 4.69) is 5.32 Å². The van der Waals surface area contributed by atoms with Gasteiger partial charge in [0.1, 0.15) is 5.75 Å². The maximum Gasteiger partial charge on any atom is 0.232 e. The second-order valence-corrected chi connectivity index (χ2v) is 4.77. The Morgan fingerprint density at radius 2 is 2.05 bits per heavy atom. The van der Waals surface area contributed by atoms with E-state index >= 15 is 0 Å². The first-order chi connectivity index (χ1) is 10.0. The molecule has 0 radical (unpaired) electrons. The van der Waals surface area contributed by atoms with E-state index in [1.165, 1.54) is 6.92 Å². The van der Waals surface area contributed by atoms with Gasteiger partial charge in [-0.1, -0.05) is 18.2 Å². The monoisotopic (exact) mass is 283 g/mol. The average molecular weight is 283 g/mol. The number of ether oxygens (including phenoxy) is 1. The highest BCUT2D eigenvalue weighted by atomic mass is 16.5. The third kappa shape index (κ3) is 3.48. The van der Waals surface area contributed by atoms with Gasteiger partial charge in [0.25, 0.3) is 0 Å². The van der Waals surface area contributed by atoms with Crippen molar-refractivity contribution in [1.29, 1.82) is 0 Å². The molecule has 21 heavy (non-hydrogen) atoms. The average Bonchev–Trinajstić information content (AvgIpc) is 2.73. The number of nitrogens with one attached hydrogen (secondary N) is 1. The van der Waals surface area contributed by atoms with E-state index < -0.39 is 0 Å². The summed E-state index contributed by atoms with van der Waals surface area (Å²) in [7, 11) is 0. The molecule has 1 amide bonds. The summed E-state index contributed by atoms with van der Waals surface area (Å²) < 4.78 is 5.56. The first kappa shape index (κ1) is 14.8. The number of hydrogen-bond acceptors (Lipinski definition) is 3. The number of amides is 1. The molecule has 1 aliphatic rings. The van der Waals surface area contributed by atoms with E-state index in [9.17, 15) is 9.59 Å². The summed E-state index contributed by atoms with van der Waals surface area (Å²) in [6.07, 6.45) is 7.41. The molecule has 1 aliphatic heterocycles. The van der Waals surface area contributed by atoms with Gasteiger partial charge in [-0.2, -0.15) is 0 Å². The zero-order chi connectivity index (χ0) is 15.4. The van der Waals surface area contributed by atoms with Crippen molar-refractivity contribution in [2.24, 2.45) is 0 Å². The normalized spacial score (nSPS) is 16.2. The lowest BCUT2D eigenvalue weighted by Gasteiger charge is -2.02. The van der Waals surface area contributed by atoms with Gasteiger partial charge in [-0.25, -0.2) is 0 Å². The number of anilines is 1. The maximum absolute atomic E-state index is 12.3. The van der Waals surface area contributed by atoms with Gasteiger partial charge in [-0.05, 0) is 43.7 Å². The zero-order valence-electron chi connectivity index (χ0n) is 12.3. The smallest absolute Gasteiger partial charge is 0.232 e. The molecule has 2 rings (SSSR count). The minimum Gasteiger partial charge on any atom is -0.452 e. The summed E-state index contributed by atoms with van der Waals surface area (Å²) >= 11 is 0. The van der Waals surface area contributed by atoms with Gasteiger partial charge in [0.15, 0.2) is 5.76 Å². The third-order valence-electron chi connectivity index (χ3n) is 2.90. The van der Waals surface area contributed by atoms with Gasteiger partial charge in [0, 0.05) is 12.6 Å². The van der Waals surface area contributed by atoms with Crippen LogP contribution in [0.4, 0.5) is 5.69 Å². The van der Waals surface area contributed by atoms with Crippen LogP contribution in [-0.4, -0.2) is 11.7 Å². The summed E-state index contributed by atoms with van der Waals surface area (Å²) in [5.74, 6) is 0.454. The van der Waals surface area contributed by atoms with Crippen LogP contribution in [0.25, 0.3) is 0 Å². The topological polar surface area (TPSA) is 55.4 Å². The lowest BCUT2D eigenvalue weighted by molar-refractivity contribution is -0.114. The summed E-state index contributed by atoms with van der Waals surface area (Å²) in [5, 5.41) is 2.65. The SMILES string of the molecule is C\C=C/C=C(C)/C=C1\Oc2ccc(NC(C)=O)cc2C1=O. The molecular formula is C17H17NO3. The molecule has 1 heterocycles. The molecule has 0 aliphatic carbocycles. The fraction of sp³-hybridized carbons (Fsp3) is 0.176. The van der Waals surface area contributed by atoms with Crippen molar-refractivity contribution in [1.82, 2.24) is 0 Å². The van der Waals surface area contributed by atoms with Gasteiger partial charge in [-0.15, -0.1) is 0 Å². The molecule has 0 bridgehead atoms. The van der Waals surface area contributed by atoms with Crippen molar-refractivity contribution in [2.75, 3.05) is 5.32 Å². The number of allylic oxidation sites excluding steroid dienone is 6. The molecule has 1 aromatic carbocycles. The van der Waals surface area contributed by atoms with E-state index in [0.717, 1.165) is 5.57 Å². The van der Waals surface area contributed by atoms with E-state index in [0.29, 0.717) is 22.8 Å².